The van der Waals surface area contributed by atoms with Gasteiger partial charge < -0.3 is 4.90 Å². The Morgan fingerprint density at radius 2 is 2.38 bits per heavy atom. The van der Waals surface area contributed by atoms with Crippen LogP contribution in [0.25, 0.3) is 0 Å². The topological polar surface area (TPSA) is 50.3 Å². The first kappa shape index (κ1) is 10.8. The smallest absolute Gasteiger partial charge is 0.233 e. The lowest BCUT2D eigenvalue weighted by atomic mass is 9.90. The minimum atomic E-state index is -0.511. The van der Waals surface area contributed by atoms with Crippen molar-refractivity contribution >= 4 is 11.7 Å². The highest BCUT2D eigenvalue weighted by molar-refractivity contribution is 6.10. The summed E-state index contributed by atoms with van der Waals surface area (Å²) in [5.74, 6) is -0.687. The quantitative estimate of drug-likeness (QED) is 0.552. The molecule has 0 spiro atoms. The molecular formula is C12H14N2O2. The molecule has 1 atom stereocenters. The number of carbonyl (C=O) groups is 2. The molecule has 4 heteroatoms. The van der Waals surface area contributed by atoms with Gasteiger partial charge in [0.05, 0.1) is 0 Å². The van der Waals surface area contributed by atoms with Crippen molar-refractivity contribution in [1.29, 1.82) is 0 Å². The maximum atomic E-state index is 12.1. The van der Waals surface area contributed by atoms with E-state index in [9.17, 15) is 9.59 Å². The van der Waals surface area contributed by atoms with Crippen LogP contribution in [0.3, 0.4) is 0 Å². The molecule has 84 valence electrons. The Balaban J connectivity index is 2.19. The molecule has 1 amide bonds. The van der Waals surface area contributed by atoms with Crippen LogP contribution in [-0.4, -0.2) is 35.2 Å². The largest absolute Gasteiger partial charge is 0.345 e. The van der Waals surface area contributed by atoms with E-state index in [4.69, 9.17) is 0 Å². The second-order valence-corrected chi connectivity index (χ2v) is 4.06. The van der Waals surface area contributed by atoms with Crippen molar-refractivity contribution in [3.63, 3.8) is 0 Å². The molecule has 2 rings (SSSR count). The molecule has 0 aliphatic carbocycles. The molecule has 1 aliphatic rings. The summed E-state index contributed by atoms with van der Waals surface area (Å²) in [6, 6.07) is 3.42. The normalized spacial score (nSPS) is 20.9. The van der Waals surface area contributed by atoms with Crippen LogP contribution in [0.2, 0.25) is 0 Å². The van der Waals surface area contributed by atoms with Gasteiger partial charge in [-0.05, 0) is 25.0 Å². The summed E-state index contributed by atoms with van der Waals surface area (Å²) in [4.78, 5) is 29.4. The molecule has 0 N–H and O–H groups in total. The SMILES string of the molecule is CN1CCCC(C(=O)c2cccnc2)C1=O. The van der Waals surface area contributed by atoms with Crippen molar-refractivity contribution in [3.8, 4) is 0 Å². The first-order valence-electron chi connectivity index (χ1n) is 5.39. The Bertz CT molecular complexity index is 403. The van der Waals surface area contributed by atoms with Crippen LogP contribution in [0.5, 0.6) is 0 Å². The van der Waals surface area contributed by atoms with Crippen LogP contribution >= 0.6 is 0 Å². The fraction of sp³-hybridized carbons (Fsp3) is 0.417. The van der Waals surface area contributed by atoms with Crippen LogP contribution in [0.4, 0.5) is 0 Å². The third kappa shape index (κ3) is 1.96. The predicted octanol–water partition coefficient (Wildman–Crippen LogP) is 1.13. The maximum absolute atomic E-state index is 12.1. The van der Waals surface area contributed by atoms with Gasteiger partial charge in [0.2, 0.25) is 5.91 Å². The average molecular weight is 218 g/mol. The minimum absolute atomic E-state index is 0.0693. The molecule has 2 heterocycles. The highest BCUT2D eigenvalue weighted by Crippen LogP contribution is 2.20. The van der Waals surface area contributed by atoms with Crippen molar-refractivity contribution in [3.05, 3.63) is 30.1 Å². The zero-order chi connectivity index (χ0) is 11.5. The molecule has 4 nitrogen and oxygen atoms in total. The summed E-state index contributed by atoms with van der Waals surface area (Å²) < 4.78 is 0. The second-order valence-electron chi connectivity index (χ2n) is 4.06. The minimum Gasteiger partial charge on any atom is -0.345 e. The van der Waals surface area contributed by atoms with E-state index in [0.29, 0.717) is 12.0 Å². The summed E-state index contributed by atoms with van der Waals surface area (Å²) in [5, 5.41) is 0. The number of amides is 1. The average Bonchev–Trinajstić information content (AvgIpc) is 2.33. The van der Waals surface area contributed by atoms with E-state index in [1.54, 1.807) is 30.3 Å². The molecule has 1 saturated heterocycles. The zero-order valence-corrected chi connectivity index (χ0v) is 9.22. The summed E-state index contributed by atoms with van der Waals surface area (Å²) in [6.45, 7) is 0.746. The van der Waals surface area contributed by atoms with Crippen LogP contribution in [0.1, 0.15) is 23.2 Å². The van der Waals surface area contributed by atoms with E-state index in [-0.39, 0.29) is 11.7 Å². The lowest BCUT2D eigenvalue weighted by molar-refractivity contribution is -0.134. The number of likely N-dealkylation sites (tertiary alicyclic amines) is 1. The fourth-order valence-electron chi connectivity index (χ4n) is 1.99. The maximum Gasteiger partial charge on any atom is 0.233 e. The number of pyridine rings is 1. The standard InChI is InChI=1S/C12H14N2O2/c1-14-7-3-5-10(12(14)16)11(15)9-4-2-6-13-8-9/h2,4,6,8,10H,3,5,7H2,1H3. The Labute approximate surface area is 94.3 Å². The fourth-order valence-corrected chi connectivity index (χ4v) is 1.99. The van der Waals surface area contributed by atoms with Crippen LogP contribution in [0, 0.1) is 5.92 Å². The van der Waals surface area contributed by atoms with Gasteiger partial charge in [-0.25, -0.2) is 0 Å². The Morgan fingerprint density at radius 3 is 3.06 bits per heavy atom. The van der Waals surface area contributed by atoms with Gasteiger partial charge in [0.1, 0.15) is 5.92 Å². The lowest BCUT2D eigenvalue weighted by Gasteiger charge is -2.28. The highest BCUT2D eigenvalue weighted by atomic mass is 16.2. The Kier molecular flexibility index (Phi) is 2.99. The molecule has 1 unspecified atom stereocenters. The summed E-state index contributed by atoms with van der Waals surface area (Å²) in [5.41, 5.74) is 0.524. The number of aromatic nitrogens is 1. The van der Waals surface area contributed by atoms with Gasteiger partial charge in [0.25, 0.3) is 0 Å². The number of hydrogen-bond acceptors (Lipinski definition) is 3. The van der Waals surface area contributed by atoms with E-state index in [2.05, 4.69) is 4.98 Å². The zero-order valence-electron chi connectivity index (χ0n) is 9.22. The van der Waals surface area contributed by atoms with E-state index in [0.717, 1.165) is 13.0 Å². The third-order valence-corrected chi connectivity index (χ3v) is 2.92. The molecule has 16 heavy (non-hydrogen) atoms. The highest BCUT2D eigenvalue weighted by Gasteiger charge is 2.32. The number of hydrogen-bond donors (Lipinski definition) is 0. The summed E-state index contributed by atoms with van der Waals surface area (Å²) in [7, 11) is 1.74. The predicted molar refractivity (Wildman–Crippen MR) is 58.9 cm³/mol. The van der Waals surface area contributed by atoms with Gasteiger partial charge in [-0.15, -0.1) is 0 Å². The molecule has 1 fully saturated rings. The molecule has 0 radical (unpaired) electrons. The van der Waals surface area contributed by atoms with Crippen molar-refractivity contribution in [1.82, 2.24) is 9.88 Å². The van der Waals surface area contributed by atoms with Gasteiger partial charge in [0, 0.05) is 31.5 Å². The van der Waals surface area contributed by atoms with Gasteiger partial charge >= 0.3 is 0 Å². The number of piperidine rings is 1. The lowest BCUT2D eigenvalue weighted by Crippen LogP contribution is -2.41. The van der Waals surface area contributed by atoms with E-state index < -0.39 is 5.92 Å². The molecule has 1 aromatic rings. The van der Waals surface area contributed by atoms with Crippen molar-refractivity contribution in [2.45, 2.75) is 12.8 Å². The summed E-state index contributed by atoms with van der Waals surface area (Å²) >= 11 is 0. The molecule has 1 aromatic heterocycles. The number of rotatable bonds is 2. The summed E-state index contributed by atoms with van der Waals surface area (Å²) in [6.07, 6.45) is 4.67. The number of nitrogens with zero attached hydrogens (tertiary/aromatic N) is 2. The van der Waals surface area contributed by atoms with Gasteiger partial charge in [0.15, 0.2) is 5.78 Å². The van der Waals surface area contributed by atoms with Gasteiger partial charge in [-0.2, -0.15) is 0 Å². The number of carbonyl (C=O) groups excluding carboxylic acids is 2. The van der Waals surface area contributed by atoms with Crippen LogP contribution < -0.4 is 0 Å². The van der Waals surface area contributed by atoms with Crippen LogP contribution in [0.15, 0.2) is 24.5 Å². The van der Waals surface area contributed by atoms with Crippen molar-refractivity contribution in [2.24, 2.45) is 5.92 Å². The van der Waals surface area contributed by atoms with E-state index in [1.165, 1.54) is 6.20 Å². The van der Waals surface area contributed by atoms with E-state index in [1.807, 2.05) is 0 Å². The van der Waals surface area contributed by atoms with Gasteiger partial charge in [-0.3, -0.25) is 14.6 Å². The number of Topliss-reactive ketones (excluding diaryl/α,β-unsaturated/α-hetero) is 1. The first-order chi connectivity index (χ1) is 7.70. The van der Waals surface area contributed by atoms with Crippen LogP contribution in [-0.2, 0) is 4.79 Å². The first-order valence-corrected chi connectivity index (χ1v) is 5.39. The molecular weight excluding hydrogens is 204 g/mol. The van der Waals surface area contributed by atoms with Gasteiger partial charge in [-0.1, -0.05) is 0 Å². The molecule has 0 bridgehead atoms. The Morgan fingerprint density at radius 1 is 1.56 bits per heavy atom. The Hall–Kier alpha value is -1.71. The molecule has 1 aliphatic heterocycles. The van der Waals surface area contributed by atoms with Crippen molar-refractivity contribution in [2.75, 3.05) is 13.6 Å². The molecule has 0 saturated carbocycles. The molecule has 0 aromatic carbocycles. The second kappa shape index (κ2) is 4.43. The van der Waals surface area contributed by atoms with E-state index >= 15 is 0 Å². The number of ketones is 1. The van der Waals surface area contributed by atoms with Crippen molar-refractivity contribution < 1.29 is 9.59 Å². The third-order valence-electron chi connectivity index (χ3n) is 2.92. The monoisotopic (exact) mass is 218 g/mol.